The molecule has 1 amide bonds. The van der Waals surface area contributed by atoms with Gasteiger partial charge in [-0.1, -0.05) is 36.8 Å². The van der Waals surface area contributed by atoms with Crippen LogP contribution in [0, 0.1) is 0 Å². The quantitative estimate of drug-likeness (QED) is 0.812. The van der Waals surface area contributed by atoms with Crippen LogP contribution in [0.1, 0.15) is 35.4 Å². The molecule has 1 N–H and O–H groups in total. The number of carbonyl (C=O) groups excluding carboxylic acids is 1. The summed E-state index contributed by atoms with van der Waals surface area (Å²) in [6.45, 7) is 4.28. The molecule has 1 aromatic heterocycles. The van der Waals surface area contributed by atoms with Gasteiger partial charge in [-0.25, -0.2) is 0 Å². The van der Waals surface area contributed by atoms with E-state index < -0.39 is 0 Å². The lowest BCUT2D eigenvalue weighted by Crippen LogP contribution is -2.33. The van der Waals surface area contributed by atoms with Crippen molar-refractivity contribution in [2.75, 3.05) is 26.2 Å². The van der Waals surface area contributed by atoms with Crippen LogP contribution in [0.5, 0.6) is 0 Å². The number of rotatable bonds is 6. The minimum Gasteiger partial charge on any atom is -0.351 e. The van der Waals surface area contributed by atoms with E-state index in [0.717, 1.165) is 35.5 Å². The number of amides is 1. The second kappa shape index (κ2) is 8.27. The van der Waals surface area contributed by atoms with Crippen molar-refractivity contribution >= 4 is 17.2 Å². The van der Waals surface area contributed by atoms with Gasteiger partial charge in [-0.05, 0) is 55.9 Å². The van der Waals surface area contributed by atoms with Crippen LogP contribution in [0.4, 0.5) is 0 Å². The second-order valence-corrected chi connectivity index (χ2v) is 6.96. The first kappa shape index (κ1) is 16.2. The molecule has 1 aliphatic rings. The maximum Gasteiger partial charge on any atom is 0.261 e. The molecule has 1 fully saturated rings. The van der Waals surface area contributed by atoms with Crippen molar-refractivity contribution in [3.63, 3.8) is 0 Å². The normalized spacial score (nSPS) is 15.5. The number of hydrogen-bond acceptors (Lipinski definition) is 3. The molecule has 0 atom stereocenters. The van der Waals surface area contributed by atoms with Crippen LogP contribution in [-0.2, 0) is 0 Å². The standard InChI is InChI=1S/C19H24N2OS/c22-19(20-11-7-14-21-12-5-2-6-13-21)18-17(10-15-23-18)16-8-3-1-4-9-16/h1,3-4,8-10,15H,2,5-7,11-14H2,(H,20,22). The molecular formula is C19H24N2OS. The van der Waals surface area contributed by atoms with Crippen LogP contribution in [0.3, 0.4) is 0 Å². The number of likely N-dealkylation sites (tertiary alicyclic amines) is 1. The summed E-state index contributed by atoms with van der Waals surface area (Å²) >= 11 is 1.52. The van der Waals surface area contributed by atoms with Crippen molar-refractivity contribution < 1.29 is 4.79 Å². The van der Waals surface area contributed by atoms with Gasteiger partial charge in [-0.3, -0.25) is 4.79 Å². The predicted molar refractivity (Wildman–Crippen MR) is 97.0 cm³/mol. The lowest BCUT2D eigenvalue weighted by atomic mass is 10.1. The van der Waals surface area contributed by atoms with Gasteiger partial charge in [0.05, 0.1) is 4.88 Å². The molecule has 1 aliphatic heterocycles. The number of benzene rings is 1. The first-order chi connectivity index (χ1) is 11.3. The van der Waals surface area contributed by atoms with E-state index in [0.29, 0.717) is 0 Å². The molecule has 122 valence electrons. The summed E-state index contributed by atoms with van der Waals surface area (Å²) in [4.78, 5) is 15.8. The summed E-state index contributed by atoms with van der Waals surface area (Å²) in [5, 5.41) is 5.07. The van der Waals surface area contributed by atoms with Gasteiger partial charge in [0.1, 0.15) is 0 Å². The van der Waals surface area contributed by atoms with E-state index in [1.807, 2.05) is 29.6 Å². The van der Waals surface area contributed by atoms with Crippen molar-refractivity contribution in [1.29, 1.82) is 0 Å². The Kier molecular flexibility index (Phi) is 5.83. The third-order valence-corrected chi connectivity index (χ3v) is 5.25. The largest absolute Gasteiger partial charge is 0.351 e. The molecule has 0 spiro atoms. The number of thiophene rings is 1. The molecular weight excluding hydrogens is 304 g/mol. The Labute approximate surface area is 142 Å². The summed E-state index contributed by atoms with van der Waals surface area (Å²) in [5.74, 6) is 0.0532. The monoisotopic (exact) mass is 328 g/mol. The maximum absolute atomic E-state index is 12.4. The zero-order valence-corrected chi connectivity index (χ0v) is 14.3. The molecule has 0 unspecified atom stereocenters. The Morgan fingerprint density at radius 1 is 1.09 bits per heavy atom. The molecule has 1 saturated heterocycles. The highest BCUT2D eigenvalue weighted by molar-refractivity contribution is 7.12. The van der Waals surface area contributed by atoms with Crippen molar-refractivity contribution in [2.24, 2.45) is 0 Å². The molecule has 0 bridgehead atoms. The SMILES string of the molecule is O=C(NCCCN1CCCCC1)c1sccc1-c1ccccc1. The van der Waals surface area contributed by atoms with E-state index >= 15 is 0 Å². The fourth-order valence-corrected chi connectivity index (χ4v) is 3.93. The Morgan fingerprint density at radius 2 is 1.87 bits per heavy atom. The van der Waals surface area contributed by atoms with E-state index in [-0.39, 0.29) is 5.91 Å². The molecule has 0 radical (unpaired) electrons. The highest BCUT2D eigenvalue weighted by Crippen LogP contribution is 2.27. The maximum atomic E-state index is 12.4. The van der Waals surface area contributed by atoms with Crippen LogP contribution in [0.15, 0.2) is 41.8 Å². The van der Waals surface area contributed by atoms with Crippen LogP contribution in [0.2, 0.25) is 0 Å². The fraction of sp³-hybridized carbons (Fsp3) is 0.421. The summed E-state index contributed by atoms with van der Waals surface area (Å²) in [7, 11) is 0. The Balaban J connectivity index is 1.50. The smallest absolute Gasteiger partial charge is 0.261 e. The number of carbonyl (C=O) groups is 1. The molecule has 0 saturated carbocycles. The number of nitrogens with one attached hydrogen (secondary N) is 1. The first-order valence-corrected chi connectivity index (χ1v) is 9.36. The zero-order chi connectivity index (χ0) is 15.9. The van der Waals surface area contributed by atoms with Crippen molar-refractivity contribution in [2.45, 2.75) is 25.7 Å². The molecule has 2 heterocycles. The molecule has 3 nitrogen and oxygen atoms in total. The van der Waals surface area contributed by atoms with E-state index in [2.05, 4.69) is 22.3 Å². The second-order valence-electron chi connectivity index (χ2n) is 6.04. The van der Waals surface area contributed by atoms with Crippen molar-refractivity contribution in [3.05, 3.63) is 46.7 Å². The molecule has 23 heavy (non-hydrogen) atoms. The summed E-state index contributed by atoms with van der Waals surface area (Å²) in [6.07, 6.45) is 5.04. The van der Waals surface area contributed by atoms with Crippen LogP contribution in [0.25, 0.3) is 11.1 Å². The van der Waals surface area contributed by atoms with E-state index in [1.54, 1.807) is 0 Å². The Hall–Kier alpha value is -1.65. The van der Waals surface area contributed by atoms with Gasteiger partial charge in [0, 0.05) is 12.1 Å². The Morgan fingerprint density at radius 3 is 2.65 bits per heavy atom. The lowest BCUT2D eigenvalue weighted by Gasteiger charge is -2.26. The third-order valence-electron chi connectivity index (χ3n) is 4.34. The highest BCUT2D eigenvalue weighted by atomic mass is 32.1. The Bertz CT molecular complexity index is 617. The van der Waals surface area contributed by atoms with E-state index in [9.17, 15) is 4.79 Å². The van der Waals surface area contributed by atoms with Crippen molar-refractivity contribution in [1.82, 2.24) is 10.2 Å². The van der Waals surface area contributed by atoms with E-state index in [1.165, 1.54) is 43.7 Å². The molecule has 0 aliphatic carbocycles. The predicted octanol–water partition coefficient (Wildman–Crippen LogP) is 4.02. The number of piperidine rings is 1. The van der Waals surface area contributed by atoms with Crippen molar-refractivity contribution in [3.8, 4) is 11.1 Å². The summed E-state index contributed by atoms with van der Waals surface area (Å²) in [6, 6.07) is 12.1. The lowest BCUT2D eigenvalue weighted by molar-refractivity contribution is 0.0955. The van der Waals surface area contributed by atoms with Gasteiger partial charge in [-0.2, -0.15) is 0 Å². The average molecular weight is 328 g/mol. The summed E-state index contributed by atoms with van der Waals surface area (Å²) in [5.41, 5.74) is 2.14. The highest BCUT2D eigenvalue weighted by Gasteiger charge is 2.14. The van der Waals surface area contributed by atoms with Gasteiger partial charge in [0.25, 0.3) is 5.91 Å². The van der Waals surface area contributed by atoms with Crippen LogP contribution in [-0.4, -0.2) is 37.0 Å². The number of nitrogens with zero attached hydrogens (tertiary/aromatic N) is 1. The van der Waals surface area contributed by atoms with E-state index in [4.69, 9.17) is 0 Å². The topological polar surface area (TPSA) is 32.3 Å². The van der Waals surface area contributed by atoms with Gasteiger partial charge < -0.3 is 10.2 Å². The first-order valence-electron chi connectivity index (χ1n) is 8.48. The molecule has 1 aromatic carbocycles. The van der Waals surface area contributed by atoms with Gasteiger partial charge in [0.2, 0.25) is 0 Å². The van der Waals surface area contributed by atoms with Gasteiger partial charge in [0.15, 0.2) is 0 Å². The minimum atomic E-state index is 0.0532. The average Bonchev–Trinajstić information content (AvgIpc) is 3.10. The summed E-state index contributed by atoms with van der Waals surface area (Å²) < 4.78 is 0. The van der Waals surface area contributed by atoms with Gasteiger partial charge in [-0.15, -0.1) is 11.3 Å². The molecule has 2 aromatic rings. The molecule has 3 rings (SSSR count). The number of hydrogen-bond donors (Lipinski definition) is 1. The molecule has 4 heteroatoms. The van der Waals surface area contributed by atoms with Crippen LogP contribution < -0.4 is 5.32 Å². The van der Waals surface area contributed by atoms with Gasteiger partial charge >= 0.3 is 0 Å². The van der Waals surface area contributed by atoms with Crippen LogP contribution >= 0.6 is 11.3 Å². The fourth-order valence-electron chi connectivity index (χ4n) is 3.10. The minimum absolute atomic E-state index is 0.0532. The zero-order valence-electron chi connectivity index (χ0n) is 13.5. The third kappa shape index (κ3) is 4.43.